The van der Waals surface area contributed by atoms with Gasteiger partial charge >= 0.3 is 0 Å². The van der Waals surface area contributed by atoms with Crippen LogP contribution in [-0.4, -0.2) is 49.3 Å². The molecule has 2 saturated heterocycles. The van der Waals surface area contributed by atoms with E-state index < -0.39 is 0 Å². The zero-order valence-corrected chi connectivity index (χ0v) is 13.2. The molecule has 2 heterocycles. The van der Waals surface area contributed by atoms with Gasteiger partial charge in [-0.15, -0.1) is 0 Å². The van der Waals surface area contributed by atoms with Crippen LogP contribution < -0.4 is 5.32 Å². The topological polar surface area (TPSA) is 24.5 Å². The van der Waals surface area contributed by atoms with E-state index in [0.717, 1.165) is 12.5 Å². The molecule has 3 nitrogen and oxygen atoms in total. The van der Waals surface area contributed by atoms with Gasteiger partial charge in [0, 0.05) is 19.2 Å². The number of nitrogens with one attached hydrogen (secondary N) is 1. The molecule has 0 radical (unpaired) electrons. The lowest BCUT2D eigenvalue weighted by molar-refractivity contribution is -0.109. The molecule has 1 N–H and O–H groups in total. The summed E-state index contributed by atoms with van der Waals surface area (Å²) in [5, 5.41) is 3.87. The van der Waals surface area contributed by atoms with E-state index in [9.17, 15) is 0 Å². The average Bonchev–Trinajstić information content (AvgIpc) is 2.94. The van der Waals surface area contributed by atoms with Crippen molar-refractivity contribution < 1.29 is 4.74 Å². The van der Waals surface area contributed by atoms with E-state index in [4.69, 9.17) is 4.74 Å². The number of likely N-dealkylation sites (tertiary alicyclic amines) is 1. The van der Waals surface area contributed by atoms with Crippen molar-refractivity contribution in [3.8, 4) is 0 Å². The maximum absolute atomic E-state index is 6.19. The Labute approximate surface area is 124 Å². The standard InChI is InChI=1S/C17H32N2O/c1-2-19-10-6-15(14-19)13-18-16-7-11-20-17(12-16)8-4-3-5-9-17/h15-16,18H,2-14H2,1H3. The average molecular weight is 280 g/mol. The summed E-state index contributed by atoms with van der Waals surface area (Å²) in [7, 11) is 0. The fourth-order valence-electron chi connectivity index (χ4n) is 4.45. The van der Waals surface area contributed by atoms with Crippen molar-refractivity contribution in [3.05, 3.63) is 0 Å². The fraction of sp³-hybridized carbons (Fsp3) is 1.00. The highest BCUT2D eigenvalue weighted by atomic mass is 16.5. The van der Waals surface area contributed by atoms with Gasteiger partial charge in [-0.05, 0) is 57.7 Å². The molecule has 3 fully saturated rings. The molecule has 2 aliphatic heterocycles. The van der Waals surface area contributed by atoms with Crippen LogP contribution in [-0.2, 0) is 4.74 Å². The van der Waals surface area contributed by atoms with Crippen molar-refractivity contribution in [3.63, 3.8) is 0 Å². The molecular formula is C17H32N2O. The van der Waals surface area contributed by atoms with Crippen LogP contribution in [0.3, 0.4) is 0 Å². The first kappa shape index (κ1) is 14.8. The summed E-state index contributed by atoms with van der Waals surface area (Å²) >= 11 is 0. The van der Waals surface area contributed by atoms with E-state index in [0.29, 0.717) is 6.04 Å². The molecule has 1 saturated carbocycles. The van der Waals surface area contributed by atoms with E-state index >= 15 is 0 Å². The van der Waals surface area contributed by atoms with Gasteiger partial charge < -0.3 is 15.0 Å². The van der Waals surface area contributed by atoms with Crippen molar-refractivity contribution in [1.29, 1.82) is 0 Å². The van der Waals surface area contributed by atoms with E-state index in [1.807, 2.05) is 0 Å². The fourth-order valence-corrected chi connectivity index (χ4v) is 4.45. The summed E-state index contributed by atoms with van der Waals surface area (Å²) in [5.41, 5.74) is 0.249. The normalized spacial score (nSPS) is 34.6. The molecule has 20 heavy (non-hydrogen) atoms. The van der Waals surface area contributed by atoms with Gasteiger partial charge in [-0.3, -0.25) is 0 Å². The van der Waals surface area contributed by atoms with E-state index in [2.05, 4.69) is 17.1 Å². The van der Waals surface area contributed by atoms with E-state index in [1.165, 1.54) is 77.5 Å². The second-order valence-corrected chi connectivity index (χ2v) is 7.24. The molecule has 1 aliphatic carbocycles. The number of nitrogens with zero attached hydrogens (tertiary/aromatic N) is 1. The minimum absolute atomic E-state index is 0.249. The van der Waals surface area contributed by atoms with Gasteiger partial charge in [0.25, 0.3) is 0 Å². The Kier molecular flexibility index (Phi) is 5.00. The van der Waals surface area contributed by atoms with Gasteiger partial charge in [-0.1, -0.05) is 26.2 Å². The second-order valence-electron chi connectivity index (χ2n) is 7.24. The summed E-state index contributed by atoms with van der Waals surface area (Å²) in [6, 6.07) is 0.706. The lowest BCUT2D eigenvalue weighted by atomic mass is 9.78. The summed E-state index contributed by atoms with van der Waals surface area (Å²) in [4.78, 5) is 2.58. The Morgan fingerprint density at radius 1 is 1.20 bits per heavy atom. The molecule has 2 unspecified atom stereocenters. The predicted molar refractivity (Wildman–Crippen MR) is 83.0 cm³/mol. The molecule has 3 aliphatic rings. The summed E-state index contributed by atoms with van der Waals surface area (Å²) < 4.78 is 6.19. The van der Waals surface area contributed by atoms with Crippen molar-refractivity contribution in [2.45, 2.75) is 69.9 Å². The molecule has 0 aromatic rings. The van der Waals surface area contributed by atoms with Crippen molar-refractivity contribution in [1.82, 2.24) is 10.2 Å². The van der Waals surface area contributed by atoms with Gasteiger partial charge in [0.1, 0.15) is 0 Å². The maximum atomic E-state index is 6.19. The van der Waals surface area contributed by atoms with E-state index in [-0.39, 0.29) is 5.60 Å². The first-order chi connectivity index (χ1) is 9.80. The third-order valence-corrected chi connectivity index (χ3v) is 5.77. The molecular weight excluding hydrogens is 248 g/mol. The minimum atomic E-state index is 0.249. The third-order valence-electron chi connectivity index (χ3n) is 5.77. The molecule has 2 atom stereocenters. The predicted octanol–water partition coefficient (Wildman–Crippen LogP) is 2.80. The van der Waals surface area contributed by atoms with Crippen LogP contribution in [0.25, 0.3) is 0 Å². The molecule has 3 heteroatoms. The smallest absolute Gasteiger partial charge is 0.0697 e. The van der Waals surface area contributed by atoms with Gasteiger partial charge in [0.05, 0.1) is 5.60 Å². The third kappa shape index (κ3) is 3.55. The lowest BCUT2D eigenvalue weighted by Gasteiger charge is -2.44. The maximum Gasteiger partial charge on any atom is 0.0697 e. The number of rotatable bonds is 4. The minimum Gasteiger partial charge on any atom is -0.375 e. The molecule has 0 bridgehead atoms. The van der Waals surface area contributed by atoms with Crippen LogP contribution in [0.1, 0.15) is 58.3 Å². The first-order valence-corrected chi connectivity index (χ1v) is 8.89. The highest BCUT2D eigenvalue weighted by molar-refractivity contribution is 4.92. The van der Waals surface area contributed by atoms with Crippen LogP contribution >= 0.6 is 0 Å². The SMILES string of the molecule is CCN1CCC(CNC2CCOC3(CCCCC3)C2)C1. The van der Waals surface area contributed by atoms with Crippen LogP contribution in [0, 0.1) is 5.92 Å². The van der Waals surface area contributed by atoms with Crippen LogP contribution in [0.2, 0.25) is 0 Å². The van der Waals surface area contributed by atoms with Gasteiger partial charge in [-0.25, -0.2) is 0 Å². The van der Waals surface area contributed by atoms with Gasteiger partial charge in [0.2, 0.25) is 0 Å². The highest BCUT2D eigenvalue weighted by Crippen LogP contribution is 2.38. The lowest BCUT2D eigenvalue weighted by Crippen LogP contribution is -2.49. The summed E-state index contributed by atoms with van der Waals surface area (Å²) in [6.07, 6.45) is 10.6. The van der Waals surface area contributed by atoms with Crippen LogP contribution in [0.5, 0.6) is 0 Å². The molecule has 3 rings (SSSR count). The Bertz CT molecular complexity index is 296. The Hall–Kier alpha value is -0.120. The Morgan fingerprint density at radius 3 is 2.80 bits per heavy atom. The molecule has 0 aromatic heterocycles. The van der Waals surface area contributed by atoms with Crippen LogP contribution in [0.4, 0.5) is 0 Å². The molecule has 116 valence electrons. The molecule has 0 amide bonds. The largest absolute Gasteiger partial charge is 0.375 e. The quantitative estimate of drug-likeness (QED) is 0.857. The molecule has 1 spiro atoms. The number of hydrogen-bond acceptors (Lipinski definition) is 3. The van der Waals surface area contributed by atoms with Crippen molar-refractivity contribution >= 4 is 0 Å². The summed E-state index contributed by atoms with van der Waals surface area (Å²) in [5.74, 6) is 0.875. The van der Waals surface area contributed by atoms with Crippen LogP contribution in [0.15, 0.2) is 0 Å². The first-order valence-electron chi connectivity index (χ1n) is 8.89. The zero-order valence-electron chi connectivity index (χ0n) is 13.2. The molecule has 0 aromatic carbocycles. The highest BCUT2D eigenvalue weighted by Gasteiger charge is 2.38. The number of ether oxygens (including phenoxy) is 1. The monoisotopic (exact) mass is 280 g/mol. The Balaban J connectivity index is 1.43. The van der Waals surface area contributed by atoms with Gasteiger partial charge in [-0.2, -0.15) is 0 Å². The number of hydrogen-bond donors (Lipinski definition) is 1. The zero-order chi connectivity index (χ0) is 13.8. The van der Waals surface area contributed by atoms with Gasteiger partial charge in [0.15, 0.2) is 0 Å². The second kappa shape index (κ2) is 6.76. The van der Waals surface area contributed by atoms with Crippen molar-refractivity contribution in [2.24, 2.45) is 5.92 Å². The van der Waals surface area contributed by atoms with Crippen molar-refractivity contribution in [2.75, 3.05) is 32.8 Å². The van der Waals surface area contributed by atoms with E-state index in [1.54, 1.807) is 0 Å². The summed E-state index contributed by atoms with van der Waals surface area (Å²) in [6.45, 7) is 8.30. The Morgan fingerprint density at radius 2 is 2.05 bits per heavy atom.